The molecule has 1 unspecified atom stereocenters. The molecule has 17 heavy (non-hydrogen) atoms. The van der Waals surface area contributed by atoms with Gasteiger partial charge in [-0.05, 0) is 42.9 Å². The van der Waals surface area contributed by atoms with Crippen molar-refractivity contribution in [3.63, 3.8) is 0 Å². The Kier molecular flexibility index (Phi) is 4.59. The van der Waals surface area contributed by atoms with Gasteiger partial charge < -0.3 is 10.5 Å². The highest BCUT2D eigenvalue weighted by Crippen LogP contribution is 2.49. The molecule has 2 N–H and O–H groups in total. The molecule has 0 amide bonds. The van der Waals surface area contributed by atoms with Crippen LogP contribution in [0.1, 0.15) is 59.3 Å². The van der Waals surface area contributed by atoms with Gasteiger partial charge in [0, 0.05) is 6.04 Å². The standard InChI is InChI=1S/C14H27NO2/c1-5-11(15)14(10-12(16)17-4)8-6-13(2,3)7-9-14/h11H,5-10,15H2,1-4H3. The third kappa shape index (κ3) is 3.44. The third-order valence-electron chi connectivity index (χ3n) is 4.55. The van der Waals surface area contributed by atoms with Gasteiger partial charge in [-0.25, -0.2) is 0 Å². The molecule has 0 aromatic rings. The Morgan fingerprint density at radius 3 is 2.24 bits per heavy atom. The van der Waals surface area contributed by atoms with Gasteiger partial charge in [-0.1, -0.05) is 20.8 Å². The first-order chi connectivity index (χ1) is 7.85. The van der Waals surface area contributed by atoms with E-state index in [-0.39, 0.29) is 17.4 Å². The molecule has 0 saturated heterocycles. The summed E-state index contributed by atoms with van der Waals surface area (Å²) < 4.78 is 4.83. The Labute approximate surface area is 105 Å². The monoisotopic (exact) mass is 241 g/mol. The number of ether oxygens (including phenoxy) is 1. The molecule has 1 aliphatic carbocycles. The van der Waals surface area contributed by atoms with E-state index in [1.54, 1.807) is 0 Å². The van der Waals surface area contributed by atoms with Gasteiger partial charge >= 0.3 is 5.97 Å². The summed E-state index contributed by atoms with van der Waals surface area (Å²) in [5.41, 5.74) is 6.63. The number of hydrogen-bond donors (Lipinski definition) is 1. The van der Waals surface area contributed by atoms with E-state index in [1.807, 2.05) is 0 Å². The van der Waals surface area contributed by atoms with Crippen LogP contribution in [-0.2, 0) is 9.53 Å². The van der Waals surface area contributed by atoms with Gasteiger partial charge in [0.2, 0.25) is 0 Å². The lowest BCUT2D eigenvalue weighted by Gasteiger charge is -2.46. The zero-order chi connectivity index (χ0) is 13.1. The first kappa shape index (κ1) is 14.5. The smallest absolute Gasteiger partial charge is 0.306 e. The van der Waals surface area contributed by atoms with Crippen molar-refractivity contribution in [1.82, 2.24) is 0 Å². The molecular weight excluding hydrogens is 214 g/mol. The van der Waals surface area contributed by atoms with Gasteiger partial charge in [0.05, 0.1) is 13.5 Å². The van der Waals surface area contributed by atoms with Crippen LogP contribution in [0.3, 0.4) is 0 Å². The lowest BCUT2D eigenvalue weighted by Crippen LogP contribution is -2.46. The Bertz CT molecular complexity index is 263. The van der Waals surface area contributed by atoms with Crippen molar-refractivity contribution in [2.75, 3.05) is 7.11 Å². The van der Waals surface area contributed by atoms with E-state index >= 15 is 0 Å². The fourth-order valence-corrected chi connectivity index (χ4v) is 2.90. The summed E-state index contributed by atoms with van der Waals surface area (Å²) in [7, 11) is 1.46. The summed E-state index contributed by atoms with van der Waals surface area (Å²) in [4.78, 5) is 11.6. The lowest BCUT2D eigenvalue weighted by molar-refractivity contribution is -0.145. The van der Waals surface area contributed by atoms with Crippen molar-refractivity contribution in [1.29, 1.82) is 0 Å². The second kappa shape index (κ2) is 5.38. The van der Waals surface area contributed by atoms with E-state index < -0.39 is 0 Å². The molecule has 100 valence electrons. The highest BCUT2D eigenvalue weighted by atomic mass is 16.5. The van der Waals surface area contributed by atoms with Crippen molar-refractivity contribution in [3.8, 4) is 0 Å². The fourth-order valence-electron chi connectivity index (χ4n) is 2.90. The maximum absolute atomic E-state index is 11.6. The summed E-state index contributed by atoms with van der Waals surface area (Å²) in [6, 6.07) is 0.109. The number of rotatable bonds is 4. The van der Waals surface area contributed by atoms with Gasteiger partial charge in [-0.2, -0.15) is 0 Å². The number of carbonyl (C=O) groups is 1. The molecule has 1 fully saturated rings. The molecule has 0 aromatic heterocycles. The molecule has 0 aromatic carbocycles. The molecule has 1 saturated carbocycles. The van der Waals surface area contributed by atoms with Gasteiger partial charge in [0.25, 0.3) is 0 Å². The lowest BCUT2D eigenvalue weighted by atomic mass is 9.60. The molecule has 0 aliphatic heterocycles. The number of hydrogen-bond acceptors (Lipinski definition) is 3. The van der Waals surface area contributed by atoms with Crippen molar-refractivity contribution in [2.24, 2.45) is 16.6 Å². The fraction of sp³-hybridized carbons (Fsp3) is 0.929. The van der Waals surface area contributed by atoms with Gasteiger partial charge in [-0.15, -0.1) is 0 Å². The maximum Gasteiger partial charge on any atom is 0.306 e. The molecule has 3 heteroatoms. The van der Waals surface area contributed by atoms with Crippen molar-refractivity contribution < 1.29 is 9.53 Å². The molecule has 0 heterocycles. The normalized spacial score (nSPS) is 24.1. The largest absolute Gasteiger partial charge is 0.469 e. The predicted octanol–water partition coefficient (Wildman–Crippen LogP) is 2.87. The number of carbonyl (C=O) groups excluding carboxylic acids is 1. The van der Waals surface area contributed by atoms with Crippen LogP contribution in [0.4, 0.5) is 0 Å². The first-order valence-corrected chi connectivity index (χ1v) is 6.68. The van der Waals surface area contributed by atoms with Crippen LogP contribution in [0.5, 0.6) is 0 Å². The van der Waals surface area contributed by atoms with E-state index in [9.17, 15) is 4.79 Å². The van der Waals surface area contributed by atoms with E-state index in [4.69, 9.17) is 10.5 Å². The van der Waals surface area contributed by atoms with Crippen LogP contribution in [0.15, 0.2) is 0 Å². The highest BCUT2D eigenvalue weighted by Gasteiger charge is 2.43. The second-order valence-corrected chi connectivity index (χ2v) is 6.29. The summed E-state index contributed by atoms with van der Waals surface area (Å²) in [5, 5.41) is 0. The topological polar surface area (TPSA) is 52.3 Å². The molecule has 1 rings (SSSR count). The third-order valence-corrected chi connectivity index (χ3v) is 4.55. The average Bonchev–Trinajstić information content (AvgIpc) is 2.31. The van der Waals surface area contributed by atoms with E-state index in [0.717, 1.165) is 32.1 Å². The Balaban J connectivity index is 2.78. The predicted molar refractivity (Wildman–Crippen MR) is 69.6 cm³/mol. The number of esters is 1. The van der Waals surface area contributed by atoms with E-state index in [0.29, 0.717) is 11.8 Å². The minimum absolute atomic E-state index is 0.0304. The molecular formula is C14H27NO2. The van der Waals surface area contributed by atoms with E-state index in [1.165, 1.54) is 7.11 Å². The summed E-state index contributed by atoms with van der Waals surface area (Å²) in [6.07, 6.45) is 5.80. The van der Waals surface area contributed by atoms with Crippen LogP contribution >= 0.6 is 0 Å². The Hall–Kier alpha value is -0.570. The SMILES string of the molecule is CCC(N)C1(CC(=O)OC)CCC(C)(C)CC1. The minimum atomic E-state index is -0.117. The van der Waals surface area contributed by atoms with Crippen LogP contribution < -0.4 is 5.73 Å². The van der Waals surface area contributed by atoms with Crippen molar-refractivity contribution in [3.05, 3.63) is 0 Å². The van der Waals surface area contributed by atoms with Crippen LogP contribution in [-0.4, -0.2) is 19.1 Å². The quantitative estimate of drug-likeness (QED) is 0.770. The zero-order valence-corrected chi connectivity index (χ0v) is 11.7. The minimum Gasteiger partial charge on any atom is -0.469 e. The van der Waals surface area contributed by atoms with Crippen LogP contribution in [0, 0.1) is 10.8 Å². The molecule has 0 spiro atoms. The average molecular weight is 241 g/mol. The first-order valence-electron chi connectivity index (χ1n) is 6.68. The van der Waals surface area contributed by atoms with Crippen LogP contribution in [0.2, 0.25) is 0 Å². The molecule has 0 radical (unpaired) electrons. The van der Waals surface area contributed by atoms with Gasteiger partial charge in [-0.3, -0.25) is 4.79 Å². The maximum atomic E-state index is 11.6. The number of methoxy groups -OCH3 is 1. The summed E-state index contributed by atoms with van der Waals surface area (Å²) in [5.74, 6) is -0.117. The van der Waals surface area contributed by atoms with Crippen molar-refractivity contribution >= 4 is 5.97 Å². The van der Waals surface area contributed by atoms with E-state index in [2.05, 4.69) is 20.8 Å². The summed E-state index contributed by atoms with van der Waals surface area (Å²) in [6.45, 7) is 6.70. The van der Waals surface area contributed by atoms with Crippen LogP contribution in [0.25, 0.3) is 0 Å². The molecule has 1 aliphatic rings. The van der Waals surface area contributed by atoms with Gasteiger partial charge in [0.1, 0.15) is 0 Å². The molecule has 1 atom stereocenters. The Morgan fingerprint density at radius 2 is 1.82 bits per heavy atom. The second-order valence-electron chi connectivity index (χ2n) is 6.29. The molecule has 3 nitrogen and oxygen atoms in total. The Morgan fingerprint density at radius 1 is 1.29 bits per heavy atom. The van der Waals surface area contributed by atoms with Crippen molar-refractivity contribution in [2.45, 2.75) is 65.3 Å². The molecule has 0 bridgehead atoms. The van der Waals surface area contributed by atoms with Gasteiger partial charge in [0.15, 0.2) is 0 Å². The highest BCUT2D eigenvalue weighted by molar-refractivity contribution is 5.70. The number of nitrogens with two attached hydrogens (primary N) is 1. The zero-order valence-electron chi connectivity index (χ0n) is 11.7. The summed E-state index contributed by atoms with van der Waals surface area (Å²) >= 11 is 0.